The summed E-state index contributed by atoms with van der Waals surface area (Å²) in [4.78, 5) is 38.5. The highest BCUT2D eigenvalue weighted by atomic mass is 16.2. The second-order valence-electron chi connectivity index (χ2n) is 5.73. The number of urea groups is 1. The Hall–Kier alpha value is -1.93. The quantitative estimate of drug-likeness (QED) is 0.634. The first kappa shape index (κ1) is 15.0. The molecule has 3 aliphatic heterocycles. The highest BCUT2D eigenvalue weighted by molar-refractivity contribution is 6.70. The molecule has 22 heavy (non-hydrogen) atoms. The number of piperazine rings is 1. The number of carbonyl (C=O) groups excluding carboxylic acids is 2. The zero-order valence-electron chi connectivity index (χ0n) is 13.2. The van der Waals surface area contributed by atoms with Crippen molar-refractivity contribution in [2.75, 3.05) is 53.4 Å². The molecule has 0 unspecified atom stereocenters. The molecular formula is C14H21N6O2+. The van der Waals surface area contributed by atoms with Crippen molar-refractivity contribution in [1.82, 2.24) is 14.7 Å². The monoisotopic (exact) mass is 305 g/mol. The summed E-state index contributed by atoms with van der Waals surface area (Å²) < 4.78 is 1.38. The van der Waals surface area contributed by atoms with Gasteiger partial charge in [0.2, 0.25) is 11.5 Å². The van der Waals surface area contributed by atoms with Crippen molar-refractivity contribution in [3.63, 3.8) is 0 Å². The molecule has 0 saturated carbocycles. The van der Waals surface area contributed by atoms with Crippen LogP contribution in [-0.2, 0) is 4.79 Å². The zero-order chi connectivity index (χ0) is 15.9. The van der Waals surface area contributed by atoms with Gasteiger partial charge >= 0.3 is 17.8 Å². The van der Waals surface area contributed by atoms with E-state index in [9.17, 15) is 9.59 Å². The van der Waals surface area contributed by atoms with E-state index in [1.807, 2.05) is 0 Å². The Morgan fingerprint density at radius 1 is 1.09 bits per heavy atom. The van der Waals surface area contributed by atoms with Crippen LogP contribution in [-0.4, -0.2) is 102 Å². The number of rotatable bonds is 3. The van der Waals surface area contributed by atoms with Gasteiger partial charge in [-0.25, -0.2) is 14.6 Å². The maximum absolute atomic E-state index is 12.1. The van der Waals surface area contributed by atoms with Gasteiger partial charge < -0.3 is 4.90 Å². The van der Waals surface area contributed by atoms with Gasteiger partial charge in [-0.05, 0) is 6.54 Å². The van der Waals surface area contributed by atoms with Crippen LogP contribution in [0.3, 0.4) is 0 Å². The van der Waals surface area contributed by atoms with Crippen molar-refractivity contribution in [3.05, 3.63) is 0 Å². The van der Waals surface area contributed by atoms with Crippen molar-refractivity contribution in [2.24, 2.45) is 9.98 Å². The molecule has 3 heterocycles. The van der Waals surface area contributed by atoms with E-state index in [0.717, 1.165) is 37.6 Å². The molecule has 0 aromatic carbocycles. The zero-order valence-corrected chi connectivity index (χ0v) is 13.2. The molecule has 8 heteroatoms. The van der Waals surface area contributed by atoms with Gasteiger partial charge in [-0.2, -0.15) is 9.48 Å². The van der Waals surface area contributed by atoms with Gasteiger partial charge in [0, 0.05) is 26.2 Å². The van der Waals surface area contributed by atoms with Gasteiger partial charge in [0.25, 0.3) is 0 Å². The van der Waals surface area contributed by atoms with Gasteiger partial charge in [-0.1, -0.05) is 11.9 Å². The number of imide groups is 1. The third-order valence-electron chi connectivity index (χ3n) is 4.36. The van der Waals surface area contributed by atoms with Crippen molar-refractivity contribution < 1.29 is 14.2 Å². The number of fused-ring (bicyclic) bond motifs is 1. The number of nitrogens with zero attached hydrogens (tertiary/aromatic N) is 6. The van der Waals surface area contributed by atoms with E-state index in [2.05, 4.69) is 26.7 Å². The topological polar surface area (TPSA) is 71.6 Å². The van der Waals surface area contributed by atoms with Crippen molar-refractivity contribution >= 4 is 29.3 Å². The van der Waals surface area contributed by atoms with Crippen LogP contribution in [0.4, 0.5) is 4.79 Å². The van der Waals surface area contributed by atoms with E-state index in [0.29, 0.717) is 18.2 Å². The third kappa shape index (κ3) is 2.48. The van der Waals surface area contributed by atoms with E-state index < -0.39 is 0 Å². The Labute approximate surface area is 129 Å². The van der Waals surface area contributed by atoms with E-state index in [1.165, 1.54) is 11.6 Å². The molecule has 0 aromatic rings. The Kier molecular flexibility index (Phi) is 3.88. The lowest BCUT2D eigenvalue weighted by Crippen LogP contribution is -2.51. The number of amides is 3. The summed E-state index contributed by atoms with van der Waals surface area (Å²) in [5.74, 6) is 0.598. The van der Waals surface area contributed by atoms with Crippen molar-refractivity contribution in [1.29, 1.82) is 0 Å². The molecular weight excluding hydrogens is 284 g/mol. The first-order valence-electron chi connectivity index (χ1n) is 7.55. The van der Waals surface area contributed by atoms with Gasteiger partial charge in [0.15, 0.2) is 0 Å². The molecule has 8 nitrogen and oxygen atoms in total. The number of aliphatic imine (C=N–C) groups is 2. The lowest BCUT2D eigenvalue weighted by atomic mass is 10.2. The summed E-state index contributed by atoms with van der Waals surface area (Å²) in [6.07, 6.45) is 0. The summed E-state index contributed by atoms with van der Waals surface area (Å²) in [5.41, 5.74) is 0.270. The third-order valence-corrected chi connectivity index (χ3v) is 4.36. The molecule has 0 radical (unpaired) electrons. The SMILES string of the molecule is CCN1CCN(CC2=NC3=[N+](C)C(=O)N(C)C(=O)C3=N2)CC1. The molecule has 0 spiro atoms. The standard InChI is InChI=1S/C14H21N6O2/c1-4-19-5-7-20(8-6-19)9-10-15-11-12(16-10)17(2)14(22)18(3)13(11)21/h4-9H2,1-3H3/q+1. The van der Waals surface area contributed by atoms with Crippen LogP contribution in [0.15, 0.2) is 9.98 Å². The molecule has 1 saturated heterocycles. The van der Waals surface area contributed by atoms with E-state index in [4.69, 9.17) is 0 Å². The largest absolute Gasteiger partial charge is 0.446 e. The highest BCUT2D eigenvalue weighted by Crippen LogP contribution is 2.11. The van der Waals surface area contributed by atoms with E-state index in [1.54, 1.807) is 7.05 Å². The summed E-state index contributed by atoms with van der Waals surface area (Å²) in [6, 6.07) is -0.375. The second kappa shape index (κ2) is 5.69. The molecule has 0 atom stereocenters. The fraction of sp³-hybridized carbons (Fsp3) is 0.643. The van der Waals surface area contributed by atoms with Crippen molar-refractivity contribution in [2.45, 2.75) is 6.92 Å². The first-order valence-corrected chi connectivity index (χ1v) is 7.55. The number of carbonyl (C=O) groups is 2. The summed E-state index contributed by atoms with van der Waals surface area (Å²) in [6.45, 7) is 7.87. The predicted molar refractivity (Wildman–Crippen MR) is 82.8 cm³/mol. The molecule has 3 aliphatic rings. The maximum Gasteiger partial charge on any atom is 0.446 e. The molecule has 0 aliphatic carbocycles. The summed E-state index contributed by atoms with van der Waals surface area (Å²) >= 11 is 0. The number of amidine groups is 2. The maximum atomic E-state index is 12.1. The molecule has 118 valence electrons. The fourth-order valence-corrected chi connectivity index (χ4v) is 2.85. The van der Waals surface area contributed by atoms with Crippen LogP contribution in [0, 0.1) is 0 Å². The normalized spacial score (nSPS) is 23.9. The molecule has 0 N–H and O–H groups in total. The smallest absolute Gasteiger partial charge is 0.301 e. The minimum atomic E-state index is -0.382. The van der Waals surface area contributed by atoms with Gasteiger partial charge in [-0.3, -0.25) is 4.90 Å². The lowest BCUT2D eigenvalue weighted by molar-refractivity contribution is -0.401. The Balaban J connectivity index is 1.74. The van der Waals surface area contributed by atoms with Crippen LogP contribution >= 0.6 is 0 Å². The Morgan fingerprint density at radius 3 is 2.36 bits per heavy atom. The number of hydrogen-bond donors (Lipinski definition) is 0. The summed E-state index contributed by atoms with van der Waals surface area (Å²) in [5, 5.41) is 0. The lowest BCUT2D eigenvalue weighted by Gasteiger charge is -2.33. The molecule has 3 amide bonds. The minimum absolute atomic E-state index is 0.270. The molecule has 0 aromatic heterocycles. The number of likely N-dealkylation sites (N-methyl/N-ethyl adjacent to an activating group) is 1. The molecule has 3 rings (SSSR count). The van der Waals surface area contributed by atoms with Crippen LogP contribution in [0.25, 0.3) is 0 Å². The molecule has 0 bridgehead atoms. The van der Waals surface area contributed by atoms with Gasteiger partial charge in [-0.15, -0.1) is 0 Å². The first-order chi connectivity index (χ1) is 10.5. The van der Waals surface area contributed by atoms with Gasteiger partial charge in [0.1, 0.15) is 0 Å². The van der Waals surface area contributed by atoms with E-state index in [-0.39, 0.29) is 17.6 Å². The second-order valence-corrected chi connectivity index (χ2v) is 5.73. The van der Waals surface area contributed by atoms with Crippen molar-refractivity contribution in [3.8, 4) is 0 Å². The highest BCUT2D eigenvalue weighted by Gasteiger charge is 2.44. The Bertz CT molecular complexity index is 613. The Morgan fingerprint density at radius 2 is 1.73 bits per heavy atom. The molecule has 1 fully saturated rings. The minimum Gasteiger partial charge on any atom is -0.301 e. The number of hydrogen-bond acceptors (Lipinski definition) is 6. The van der Waals surface area contributed by atoms with Crippen LogP contribution in [0.5, 0.6) is 0 Å². The van der Waals surface area contributed by atoms with Gasteiger partial charge in [0.05, 0.1) is 20.6 Å². The predicted octanol–water partition coefficient (Wildman–Crippen LogP) is -0.890. The average Bonchev–Trinajstić information content (AvgIpc) is 2.95. The van der Waals surface area contributed by atoms with Crippen LogP contribution in [0.1, 0.15) is 6.92 Å². The average molecular weight is 305 g/mol. The van der Waals surface area contributed by atoms with Crippen LogP contribution in [0.2, 0.25) is 0 Å². The summed E-state index contributed by atoms with van der Waals surface area (Å²) in [7, 11) is 3.07. The fourth-order valence-electron chi connectivity index (χ4n) is 2.85. The van der Waals surface area contributed by atoms with E-state index >= 15 is 0 Å². The van der Waals surface area contributed by atoms with Crippen LogP contribution < -0.4 is 0 Å².